The Labute approximate surface area is 83.7 Å². The normalized spacial score (nSPS) is 15.1. The van der Waals surface area contributed by atoms with Crippen molar-refractivity contribution in [2.75, 3.05) is 0 Å². The molecular formula is C12H13NO. The van der Waals surface area contributed by atoms with E-state index in [0.29, 0.717) is 6.42 Å². The van der Waals surface area contributed by atoms with Crippen LogP contribution in [0.1, 0.15) is 34.8 Å². The average Bonchev–Trinajstić information content (AvgIpc) is 2.08. The molecule has 0 spiro atoms. The molecule has 0 atom stereocenters. The van der Waals surface area contributed by atoms with Crippen LogP contribution in [0.3, 0.4) is 0 Å². The molecule has 72 valence electrons. The highest BCUT2D eigenvalue weighted by Gasteiger charge is 2.18. The number of carbonyl (C=O) groups excluding carboxylic acids is 1. The molecule has 2 rings (SSSR count). The molecule has 1 heterocycles. The van der Waals surface area contributed by atoms with Gasteiger partial charge in [0.15, 0.2) is 5.78 Å². The molecule has 0 radical (unpaired) electrons. The van der Waals surface area contributed by atoms with Gasteiger partial charge in [-0.05, 0) is 44.0 Å². The van der Waals surface area contributed by atoms with Crippen molar-refractivity contribution in [3.63, 3.8) is 0 Å². The minimum Gasteiger partial charge on any atom is -0.294 e. The summed E-state index contributed by atoms with van der Waals surface area (Å²) < 4.78 is 0. The number of Topliss-reactive ketones (excluding diaryl/α,β-unsaturated/α-hetero) is 1. The average molecular weight is 187 g/mol. The first kappa shape index (κ1) is 9.13. The van der Waals surface area contributed by atoms with E-state index in [2.05, 4.69) is 4.99 Å². The summed E-state index contributed by atoms with van der Waals surface area (Å²) in [6, 6.07) is 3.94. The second-order valence-electron chi connectivity index (χ2n) is 3.90. The molecule has 2 nitrogen and oxygen atoms in total. The molecule has 0 saturated carbocycles. The highest BCUT2D eigenvalue weighted by Crippen LogP contribution is 2.28. The molecule has 2 heteroatoms. The van der Waals surface area contributed by atoms with E-state index >= 15 is 0 Å². The molecular weight excluding hydrogens is 174 g/mol. The predicted molar refractivity (Wildman–Crippen MR) is 57.6 cm³/mol. The van der Waals surface area contributed by atoms with Gasteiger partial charge in [0.2, 0.25) is 0 Å². The zero-order valence-corrected chi connectivity index (χ0v) is 8.72. The Hall–Kier alpha value is -1.44. The van der Waals surface area contributed by atoms with Crippen molar-refractivity contribution in [1.82, 2.24) is 0 Å². The minimum absolute atomic E-state index is 0.190. The molecule has 1 aromatic carbocycles. The number of aliphatic imine (C=N–C) groups is 1. The zero-order valence-electron chi connectivity index (χ0n) is 8.72. The Morgan fingerprint density at radius 2 is 1.79 bits per heavy atom. The minimum atomic E-state index is 0.190. The largest absolute Gasteiger partial charge is 0.294 e. The SMILES string of the molecule is CC1=Nc2cc(C)c(C)cc2C(=O)C1. The quantitative estimate of drug-likeness (QED) is 0.614. The fraction of sp³-hybridized carbons (Fsp3) is 0.333. The lowest BCUT2D eigenvalue weighted by atomic mass is 9.96. The van der Waals surface area contributed by atoms with E-state index < -0.39 is 0 Å². The number of rotatable bonds is 0. The van der Waals surface area contributed by atoms with Crippen molar-refractivity contribution in [3.05, 3.63) is 28.8 Å². The van der Waals surface area contributed by atoms with Gasteiger partial charge in [-0.25, -0.2) is 0 Å². The van der Waals surface area contributed by atoms with Gasteiger partial charge in [0.1, 0.15) is 0 Å². The van der Waals surface area contributed by atoms with E-state index in [4.69, 9.17) is 0 Å². The van der Waals surface area contributed by atoms with Gasteiger partial charge in [0, 0.05) is 17.7 Å². The highest BCUT2D eigenvalue weighted by atomic mass is 16.1. The van der Waals surface area contributed by atoms with Crippen molar-refractivity contribution < 1.29 is 4.79 Å². The van der Waals surface area contributed by atoms with Crippen LogP contribution in [0, 0.1) is 13.8 Å². The van der Waals surface area contributed by atoms with Gasteiger partial charge in [-0.3, -0.25) is 9.79 Å². The second kappa shape index (κ2) is 3.05. The van der Waals surface area contributed by atoms with Crippen molar-refractivity contribution in [3.8, 4) is 0 Å². The van der Waals surface area contributed by atoms with E-state index in [-0.39, 0.29) is 5.78 Å². The fourth-order valence-corrected chi connectivity index (χ4v) is 1.69. The molecule has 14 heavy (non-hydrogen) atoms. The van der Waals surface area contributed by atoms with E-state index in [1.54, 1.807) is 0 Å². The summed E-state index contributed by atoms with van der Waals surface area (Å²) in [6.45, 7) is 5.96. The second-order valence-corrected chi connectivity index (χ2v) is 3.90. The maximum absolute atomic E-state index is 11.7. The molecule has 0 aromatic heterocycles. The van der Waals surface area contributed by atoms with Crippen LogP contribution < -0.4 is 0 Å². The van der Waals surface area contributed by atoms with Crippen molar-refractivity contribution in [2.24, 2.45) is 4.99 Å². The molecule has 1 aromatic rings. The molecule has 0 bridgehead atoms. The van der Waals surface area contributed by atoms with Gasteiger partial charge in [0.25, 0.3) is 0 Å². The number of nitrogens with zero attached hydrogens (tertiary/aromatic N) is 1. The first-order chi connectivity index (χ1) is 6.58. The lowest BCUT2D eigenvalue weighted by Gasteiger charge is -2.14. The molecule has 0 fully saturated rings. The molecule has 0 unspecified atom stereocenters. The summed E-state index contributed by atoms with van der Waals surface area (Å²) in [5.74, 6) is 0.190. The molecule has 0 saturated heterocycles. The lowest BCUT2D eigenvalue weighted by molar-refractivity contribution is 0.0999. The Kier molecular flexibility index (Phi) is 1.99. The van der Waals surface area contributed by atoms with Crippen LogP contribution in [0.15, 0.2) is 17.1 Å². The molecule has 0 aliphatic carbocycles. The summed E-state index contributed by atoms with van der Waals surface area (Å²) in [4.78, 5) is 16.1. The third-order valence-electron chi connectivity index (χ3n) is 2.64. The smallest absolute Gasteiger partial charge is 0.170 e. The maximum atomic E-state index is 11.7. The summed E-state index contributed by atoms with van der Waals surface area (Å²) >= 11 is 0. The first-order valence-electron chi connectivity index (χ1n) is 4.76. The Balaban J connectivity index is 2.67. The number of benzene rings is 1. The van der Waals surface area contributed by atoms with Gasteiger partial charge in [0.05, 0.1) is 5.69 Å². The monoisotopic (exact) mass is 187 g/mol. The number of aryl methyl sites for hydroxylation is 2. The summed E-state index contributed by atoms with van der Waals surface area (Å²) in [5, 5.41) is 0. The van der Waals surface area contributed by atoms with E-state index in [1.807, 2.05) is 32.9 Å². The van der Waals surface area contributed by atoms with Gasteiger partial charge in [-0.15, -0.1) is 0 Å². The van der Waals surface area contributed by atoms with Crippen LogP contribution in [0.4, 0.5) is 5.69 Å². The fourth-order valence-electron chi connectivity index (χ4n) is 1.69. The Morgan fingerprint density at radius 3 is 2.50 bits per heavy atom. The Morgan fingerprint density at radius 1 is 1.14 bits per heavy atom. The van der Waals surface area contributed by atoms with E-state index in [0.717, 1.165) is 22.5 Å². The van der Waals surface area contributed by atoms with Crippen LogP contribution in [0.2, 0.25) is 0 Å². The number of ketones is 1. The van der Waals surface area contributed by atoms with Gasteiger partial charge in [-0.2, -0.15) is 0 Å². The maximum Gasteiger partial charge on any atom is 0.170 e. The number of fused-ring (bicyclic) bond motifs is 1. The van der Waals surface area contributed by atoms with Gasteiger partial charge in [-0.1, -0.05) is 0 Å². The number of hydrogen-bond donors (Lipinski definition) is 0. The van der Waals surface area contributed by atoms with Crippen LogP contribution >= 0.6 is 0 Å². The van der Waals surface area contributed by atoms with Crippen LogP contribution in [0.5, 0.6) is 0 Å². The number of carbonyl (C=O) groups is 1. The molecule has 0 N–H and O–H groups in total. The Bertz CT molecular complexity index is 444. The van der Waals surface area contributed by atoms with Crippen molar-refractivity contribution in [2.45, 2.75) is 27.2 Å². The van der Waals surface area contributed by atoms with Crippen molar-refractivity contribution in [1.29, 1.82) is 0 Å². The molecule has 0 amide bonds. The van der Waals surface area contributed by atoms with Crippen LogP contribution in [-0.4, -0.2) is 11.5 Å². The van der Waals surface area contributed by atoms with Crippen molar-refractivity contribution >= 4 is 17.2 Å². The third-order valence-corrected chi connectivity index (χ3v) is 2.64. The van der Waals surface area contributed by atoms with Crippen LogP contribution in [-0.2, 0) is 0 Å². The summed E-state index contributed by atoms with van der Waals surface area (Å²) in [5.41, 5.74) is 4.87. The van der Waals surface area contributed by atoms with Crippen LogP contribution in [0.25, 0.3) is 0 Å². The van der Waals surface area contributed by atoms with Gasteiger partial charge >= 0.3 is 0 Å². The topological polar surface area (TPSA) is 29.4 Å². The molecule has 1 aliphatic heterocycles. The summed E-state index contributed by atoms with van der Waals surface area (Å²) in [6.07, 6.45) is 0.468. The first-order valence-corrected chi connectivity index (χ1v) is 4.76. The van der Waals surface area contributed by atoms with Gasteiger partial charge < -0.3 is 0 Å². The predicted octanol–water partition coefficient (Wildman–Crippen LogP) is 2.98. The standard InChI is InChI=1S/C12H13NO/c1-7-4-10-11(5-8(7)2)13-9(3)6-12(10)14/h4-5H,6H2,1-3H3. The lowest BCUT2D eigenvalue weighted by Crippen LogP contribution is -2.10. The zero-order chi connectivity index (χ0) is 10.3. The highest BCUT2D eigenvalue weighted by molar-refractivity contribution is 6.15. The van der Waals surface area contributed by atoms with E-state index in [1.165, 1.54) is 5.56 Å². The third kappa shape index (κ3) is 1.37. The summed E-state index contributed by atoms with van der Waals surface area (Å²) in [7, 11) is 0. The molecule has 1 aliphatic rings. The number of hydrogen-bond acceptors (Lipinski definition) is 2. The van der Waals surface area contributed by atoms with E-state index in [9.17, 15) is 4.79 Å².